The topological polar surface area (TPSA) is 56.7 Å². The Bertz CT molecular complexity index is 2410. The molecule has 0 fully saturated rings. The van der Waals surface area contributed by atoms with Gasteiger partial charge in [0.25, 0.3) is 0 Å². The maximum atomic E-state index is 6.27. The molecule has 5 nitrogen and oxygen atoms in total. The van der Waals surface area contributed by atoms with Crippen LogP contribution < -0.4 is 4.40 Å². The summed E-state index contributed by atoms with van der Waals surface area (Å²) in [6, 6.07) is 41.8. The van der Waals surface area contributed by atoms with E-state index in [1.165, 1.54) is 11.1 Å². The van der Waals surface area contributed by atoms with E-state index in [0.29, 0.717) is 12.5 Å². The van der Waals surface area contributed by atoms with Crippen molar-refractivity contribution in [3.05, 3.63) is 144 Å². The number of furan rings is 1. The molecule has 4 aromatic carbocycles. The van der Waals surface area contributed by atoms with Crippen molar-refractivity contribution in [3.63, 3.8) is 0 Å². The molecule has 7 heteroatoms. The van der Waals surface area contributed by atoms with Gasteiger partial charge in [-0.25, -0.2) is 0 Å². The first-order valence-corrected chi connectivity index (χ1v) is 24.7. The van der Waals surface area contributed by atoms with Crippen LogP contribution in [0.25, 0.3) is 55.7 Å². The Balaban J connectivity index is 0.000000188. The van der Waals surface area contributed by atoms with E-state index in [9.17, 15) is 0 Å². The quantitative estimate of drug-likeness (QED) is 0.118. The van der Waals surface area contributed by atoms with E-state index in [1.807, 2.05) is 48.5 Å². The first kappa shape index (κ1) is 36.4. The van der Waals surface area contributed by atoms with Crippen molar-refractivity contribution in [3.8, 4) is 22.6 Å². The van der Waals surface area contributed by atoms with Crippen LogP contribution in [0, 0.1) is 25.0 Å². The standard InChI is InChI=1S/C26H18N3O.C18H24GeN.Ir/c1-17-11-12-19-23(15-17)30-25-20(13-14-27-24(19)25)26-28-21-9-5-6-10-22(21)29(26)16-18-7-3-2-4-8-18;1-14(2)11-16-12-18(15-9-7-6-8-10-15)20-13-17(16)19(3,4)5;/h2-12,14-15H,16H2,1H3;6-9,12-14H,11H2,1-5H3;/q2*-1;. The number of rotatable bonds is 7. The largest absolute Gasteiger partial charge is 0.513 e. The predicted octanol–water partition coefficient (Wildman–Crippen LogP) is 10.4. The average molecular weight is 908 g/mol. The summed E-state index contributed by atoms with van der Waals surface area (Å²) < 4.78 is 10.0. The maximum Gasteiger partial charge on any atom is 0.119 e. The smallest absolute Gasteiger partial charge is 0.119 e. The number of hydrogen-bond acceptors (Lipinski definition) is 4. The van der Waals surface area contributed by atoms with Crippen molar-refractivity contribution in [2.24, 2.45) is 5.92 Å². The summed E-state index contributed by atoms with van der Waals surface area (Å²) in [5, 5.41) is 1.01. The van der Waals surface area contributed by atoms with Gasteiger partial charge in [-0.3, -0.25) is 9.97 Å². The molecule has 0 amide bonds. The van der Waals surface area contributed by atoms with Crippen molar-refractivity contribution >= 4 is 50.8 Å². The van der Waals surface area contributed by atoms with Crippen LogP contribution in [0.1, 0.15) is 30.5 Å². The molecule has 0 aliphatic heterocycles. The van der Waals surface area contributed by atoms with Crippen LogP contribution in [0.15, 0.2) is 120 Å². The van der Waals surface area contributed by atoms with E-state index in [1.54, 1.807) is 10.6 Å². The molecule has 0 saturated carbocycles. The second-order valence-electron chi connectivity index (χ2n) is 14.4. The van der Waals surface area contributed by atoms with Crippen molar-refractivity contribution in [2.45, 2.75) is 51.0 Å². The van der Waals surface area contributed by atoms with Crippen molar-refractivity contribution in [1.29, 1.82) is 0 Å². The zero-order valence-corrected chi connectivity index (χ0v) is 34.5. The molecule has 1 radical (unpaired) electrons. The Kier molecular flexibility index (Phi) is 11.1. The summed E-state index contributed by atoms with van der Waals surface area (Å²) in [4.78, 5) is 14.2. The van der Waals surface area contributed by atoms with Crippen molar-refractivity contribution in [1.82, 2.24) is 19.5 Å². The Morgan fingerprint density at radius 2 is 1.61 bits per heavy atom. The minimum absolute atomic E-state index is 0. The van der Waals surface area contributed by atoms with Gasteiger partial charge in [0.05, 0.1) is 22.1 Å². The number of para-hydroxylation sites is 2. The van der Waals surface area contributed by atoms with Gasteiger partial charge in [-0.05, 0) is 48.5 Å². The first-order valence-electron chi connectivity index (χ1n) is 17.3. The molecular formula is C44H42GeIrN4O-2. The number of fused-ring (bicyclic) bond motifs is 4. The number of aromatic nitrogens is 4. The summed E-state index contributed by atoms with van der Waals surface area (Å²) >= 11 is -1.86. The predicted molar refractivity (Wildman–Crippen MR) is 209 cm³/mol. The van der Waals surface area contributed by atoms with Crippen LogP contribution in [-0.2, 0) is 33.1 Å². The number of hydrogen-bond donors (Lipinski definition) is 0. The molecule has 0 aliphatic carbocycles. The van der Waals surface area contributed by atoms with Gasteiger partial charge in [-0.1, -0.05) is 48.5 Å². The second kappa shape index (κ2) is 15.5. The SMILES string of the molecule is CC(C)Cc1cc(-c2[c-]cccc2)nc[c]1[Ge]([CH3])([CH3])[CH3].Cc1ccc2c(c1)oc1c(-c3nc4ccccc4n3Cc3ccccc3)[c-]cnc12.[Ir]. The van der Waals surface area contributed by atoms with E-state index in [-0.39, 0.29) is 20.1 Å². The second-order valence-corrected chi connectivity index (χ2v) is 25.0. The molecule has 0 unspecified atom stereocenters. The minimum atomic E-state index is -1.86. The maximum absolute atomic E-state index is 6.27. The van der Waals surface area contributed by atoms with E-state index < -0.39 is 13.3 Å². The van der Waals surface area contributed by atoms with Crippen LogP contribution in [0.4, 0.5) is 0 Å². The molecule has 4 aromatic heterocycles. The zero-order valence-electron chi connectivity index (χ0n) is 30.0. The number of imidazole rings is 1. The normalized spacial score (nSPS) is 11.5. The van der Waals surface area contributed by atoms with Gasteiger partial charge >= 0.3 is 126 Å². The third kappa shape index (κ3) is 7.94. The Morgan fingerprint density at radius 3 is 2.35 bits per heavy atom. The Morgan fingerprint density at radius 1 is 0.843 bits per heavy atom. The first-order chi connectivity index (χ1) is 24.2. The van der Waals surface area contributed by atoms with Gasteiger partial charge in [0.15, 0.2) is 0 Å². The molecule has 0 atom stereocenters. The van der Waals surface area contributed by atoms with E-state index in [2.05, 4.69) is 121 Å². The van der Waals surface area contributed by atoms with Crippen LogP contribution in [0.3, 0.4) is 0 Å². The number of nitrogens with zero attached hydrogens (tertiary/aromatic N) is 4. The van der Waals surface area contributed by atoms with E-state index >= 15 is 0 Å². The van der Waals surface area contributed by atoms with Crippen molar-refractivity contribution < 1.29 is 24.5 Å². The summed E-state index contributed by atoms with van der Waals surface area (Å²) in [6.45, 7) is 7.35. The third-order valence-electron chi connectivity index (χ3n) is 8.92. The van der Waals surface area contributed by atoms with E-state index in [4.69, 9.17) is 14.4 Å². The fraction of sp³-hybridized carbons (Fsp3) is 0.205. The average Bonchev–Trinajstić information content (AvgIpc) is 3.66. The Hall–Kier alpha value is -4.36. The monoisotopic (exact) mass is 909 g/mol. The minimum Gasteiger partial charge on any atom is -0.513 e. The molecule has 8 rings (SSSR count). The molecule has 259 valence electrons. The molecular weight excluding hydrogens is 865 g/mol. The molecule has 0 bridgehead atoms. The van der Waals surface area contributed by atoms with Gasteiger partial charge in [-0.15, -0.1) is 11.6 Å². The molecule has 0 spiro atoms. The zero-order chi connectivity index (χ0) is 34.8. The summed E-state index contributed by atoms with van der Waals surface area (Å²) in [5.74, 6) is 8.83. The van der Waals surface area contributed by atoms with Crippen LogP contribution >= 0.6 is 0 Å². The number of aryl methyl sites for hydroxylation is 1. The van der Waals surface area contributed by atoms with Gasteiger partial charge < -0.3 is 8.98 Å². The molecule has 8 aromatic rings. The Labute approximate surface area is 316 Å². The van der Waals surface area contributed by atoms with Crippen LogP contribution in [0.5, 0.6) is 0 Å². The molecule has 4 heterocycles. The molecule has 0 saturated heterocycles. The summed E-state index contributed by atoms with van der Waals surface area (Å²) in [5.41, 5.74) is 11.3. The summed E-state index contributed by atoms with van der Waals surface area (Å²) in [6.07, 6.45) is 4.99. The van der Waals surface area contributed by atoms with Gasteiger partial charge in [0.2, 0.25) is 0 Å². The molecule has 51 heavy (non-hydrogen) atoms. The summed E-state index contributed by atoms with van der Waals surface area (Å²) in [7, 11) is 0. The van der Waals surface area contributed by atoms with Gasteiger partial charge in [0, 0.05) is 37.9 Å². The van der Waals surface area contributed by atoms with Crippen LogP contribution in [0.2, 0.25) is 17.3 Å². The fourth-order valence-electron chi connectivity index (χ4n) is 6.55. The molecule has 0 N–H and O–H groups in total. The van der Waals surface area contributed by atoms with Gasteiger partial charge in [-0.2, -0.15) is 0 Å². The molecule has 0 aliphatic rings. The fourth-order valence-corrected chi connectivity index (χ4v) is 9.89. The van der Waals surface area contributed by atoms with E-state index in [0.717, 1.165) is 67.7 Å². The van der Waals surface area contributed by atoms with Gasteiger partial charge in [0.1, 0.15) is 5.58 Å². The van der Waals surface area contributed by atoms with Crippen molar-refractivity contribution in [2.75, 3.05) is 0 Å². The third-order valence-corrected chi connectivity index (χ3v) is 13.3. The number of benzene rings is 4. The van der Waals surface area contributed by atoms with Crippen LogP contribution in [-0.4, -0.2) is 32.8 Å². The number of pyridine rings is 2.